The number of nitriles is 1. The van der Waals surface area contributed by atoms with Gasteiger partial charge in [0.1, 0.15) is 10.4 Å². The second kappa shape index (κ2) is 7.10. The van der Waals surface area contributed by atoms with Gasteiger partial charge in [-0.15, -0.1) is 0 Å². The summed E-state index contributed by atoms with van der Waals surface area (Å²) in [7, 11) is 0. The van der Waals surface area contributed by atoms with E-state index in [0.29, 0.717) is 16.1 Å². The molecule has 0 amide bonds. The van der Waals surface area contributed by atoms with Crippen LogP contribution < -0.4 is 11.1 Å². The number of rotatable bonds is 3. The lowest BCUT2D eigenvalue weighted by Gasteiger charge is -2.45. The highest BCUT2D eigenvalue weighted by Gasteiger charge is 2.56. The normalized spacial score (nSPS) is 24.9. The molecule has 1 aliphatic heterocycles. The first-order chi connectivity index (χ1) is 12.6. The van der Waals surface area contributed by atoms with Crippen molar-refractivity contribution in [2.75, 3.05) is 0 Å². The Morgan fingerprint density at radius 2 is 1.85 bits per heavy atom. The van der Waals surface area contributed by atoms with Crippen LogP contribution in [0.25, 0.3) is 0 Å². The third-order valence-corrected chi connectivity index (χ3v) is 5.16. The molecular formula is C18H14N6S2. The van der Waals surface area contributed by atoms with Crippen LogP contribution in [0.2, 0.25) is 0 Å². The van der Waals surface area contributed by atoms with Gasteiger partial charge >= 0.3 is 0 Å². The number of hydrogen-bond acceptors (Lipinski definition) is 6. The molecule has 3 heterocycles. The number of aromatic nitrogens is 2. The summed E-state index contributed by atoms with van der Waals surface area (Å²) in [5, 5.41) is 21.1. The number of thiocarbonyl (C=S) groups is 2. The summed E-state index contributed by atoms with van der Waals surface area (Å²) in [4.78, 5) is 8.60. The number of hydrogen-bond donors (Lipinski definition) is 3. The Kier molecular flexibility index (Phi) is 4.87. The van der Waals surface area contributed by atoms with Gasteiger partial charge in [-0.2, -0.15) is 5.26 Å². The maximum absolute atomic E-state index is 10.2. The van der Waals surface area contributed by atoms with Crippen molar-refractivity contribution in [1.82, 2.24) is 15.3 Å². The van der Waals surface area contributed by atoms with Gasteiger partial charge in [-0.25, -0.2) is 0 Å². The molecule has 2 aromatic heterocycles. The van der Waals surface area contributed by atoms with Gasteiger partial charge in [0.15, 0.2) is 0 Å². The van der Waals surface area contributed by atoms with Crippen molar-refractivity contribution in [3.8, 4) is 6.07 Å². The van der Waals surface area contributed by atoms with Crippen LogP contribution in [0.5, 0.6) is 0 Å². The fourth-order valence-corrected chi connectivity index (χ4v) is 3.88. The number of nitrogens with two attached hydrogens (primary N) is 1. The standard InChI is InChI=1S/C18H14N6S2/c19-7-13-14(11-3-1-5-22-8-11)18(10-20,17(21)26)15(24-16(13)25)12-4-2-6-23-9-12/h1-6,8-9,14-15,19H,(H2,21,26)(H,24,25). The van der Waals surface area contributed by atoms with Crippen LogP contribution in [0.15, 0.2) is 54.6 Å². The van der Waals surface area contributed by atoms with Crippen molar-refractivity contribution in [2.45, 2.75) is 12.0 Å². The van der Waals surface area contributed by atoms with E-state index in [-0.39, 0.29) is 4.99 Å². The minimum Gasteiger partial charge on any atom is -0.392 e. The molecule has 0 aliphatic carbocycles. The molecule has 3 unspecified atom stereocenters. The average Bonchev–Trinajstić information content (AvgIpc) is 2.68. The van der Waals surface area contributed by atoms with E-state index in [4.69, 9.17) is 35.6 Å². The topological polar surface area (TPSA) is 111 Å². The number of nitrogens with zero attached hydrogens (tertiary/aromatic N) is 3. The summed E-state index contributed by atoms with van der Waals surface area (Å²) < 4.78 is 0. The molecule has 128 valence electrons. The highest BCUT2D eigenvalue weighted by Crippen LogP contribution is 2.51. The molecule has 0 bridgehead atoms. The molecule has 1 saturated heterocycles. The minimum atomic E-state index is -1.37. The van der Waals surface area contributed by atoms with Crippen LogP contribution >= 0.6 is 24.4 Å². The van der Waals surface area contributed by atoms with E-state index in [1.807, 2.05) is 12.1 Å². The number of nitrogens with one attached hydrogen (secondary N) is 2. The SMILES string of the molecule is N#CC1(C(N)=S)C(c2cccnc2)NC(=S)C(=C=N)C1c1cccnc1. The Morgan fingerprint density at radius 3 is 2.31 bits per heavy atom. The lowest BCUT2D eigenvalue weighted by Crippen LogP contribution is -2.56. The molecule has 1 fully saturated rings. The maximum Gasteiger partial charge on any atom is 0.143 e. The predicted octanol–water partition coefficient (Wildman–Crippen LogP) is 2.20. The second-order valence-corrected chi connectivity index (χ2v) is 6.64. The van der Waals surface area contributed by atoms with Crippen LogP contribution in [-0.2, 0) is 0 Å². The average molecular weight is 378 g/mol. The maximum atomic E-state index is 10.2. The summed E-state index contributed by atoms with van der Waals surface area (Å²) in [6.07, 6.45) is 6.54. The zero-order valence-electron chi connectivity index (χ0n) is 13.5. The summed E-state index contributed by atoms with van der Waals surface area (Å²) >= 11 is 10.8. The molecular weight excluding hydrogens is 364 g/mol. The monoisotopic (exact) mass is 378 g/mol. The van der Waals surface area contributed by atoms with Crippen molar-refractivity contribution >= 4 is 40.3 Å². The van der Waals surface area contributed by atoms with Crippen molar-refractivity contribution in [2.24, 2.45) is 11.1 Å². The van der Waals surface area contributed by atoms with Gasteiger partial charge in [-0.1, -0.05) is 36.6 Å². The molecule has 0 radical (unpaired) electrons. The van der Waals surface area contributed by atoms with Crippen LogP contribution in [0.1, 0.15) is 23.1 Å². The Labute approximate surface area is 161 Å². The van der Waals surface area contributed by atoms with E-state index >= 15 is 0 Å². The van der Waals surface area contributed by atoms with Crippen LogP contribution in [0.3, 0.4) is 0 Å². The van der Waals surface area contributed by atoms with Gasteiger partial charge in [0.25, 0.3) is 0 Å². The zero-order chi connectivity index (χ0) is 18.7. The minimum absolute atomic E-state index is 0.00505. The fraction of sp³-hybridized carbons (Fsp3) is 0.167. The van der Waals surface area contributed by atoms with Crippen molar-refractivity contribution in [3.05, 3.63) is 65.8 Å². The lowest BCUT2D eigenvalue weighted by atomic mass is 9.62. The van der Waals surface area contributed by atoms with Crippen molar-refractivity contribution < 1.29 is 0 Å². The van der Waals surface area contributed by atoms with Crippen LogP contribution in [-0.4, -0.2) is 25.8 Å². The summed E-state index contributed by atoms with van der Waals surface area (Å²) in [6.45, 7) is 0. The Balaban J connectivity index is 2.33. The number of pyridine rings is 2. The van der Waals surface area contributed by atoms with Gasteiger partial charge in [0.2, 0.25) is 0 Å². The third-order valence-electron chi connectivity index (χ3n) is 4.48. The van der Waals surface area contributed by atoms with E-state index in [1.54, 1.807) is 36.9 Å². The van der Waals surface area contributed by atoms with E-state index in [1.165, 1.54) is 0 Å². The first kappa shape index (κ1) is 17.8. The largest absolute Gasteiger partial charge is 0.392 e. The molecule has 6 nitrogen and oxygen atoms in total. The molecule has 1 aliphatic rings. The molecule has 0 aromatic carbocycles. The van der Waals surface area contributed by atoms with Gasteiger partial charge in [0, 0.05) is 30.7 Å². The predicted molar refractivity (Wildman–Crippen MR) is 106 cm³/mol. The molecule has 3 atom stereocenters. The van der Waals surface area contributed by atoms with Gasteiger partial charge in [-0.3, -0.25) is 15.4 Å². The van der Waals surface area contributed by atoms with Crippen LogP contribution in [0, 0.1) is 22.2 Å². The molecule has 4 N–H and O–H groups in total. The zero-order valence-corrected chi connectivity index (χ0v) is 15.1. The summed E-state index contributed by atoms with van der Waals surface area (Å²) in [5.41, 5.74) is 6.51. The molecule has 26 heavy (non-hydrogen) atoms. The van der Waals surface area contributed by atoms with Crippen molar-refractivity contribution in [3.63, 3.8) is 0 Å². The Hall–Kier alpha value is -2.98. The molecule has 8 heteroatoms. The quantitative estimate of drug-likeness (QED) is 0.426. The van der Waals surface area contributed by atoms with E-state index in [9.17, 15) is 5.26 Å². The Bertz CT molecular complexity index is 947. The molecule has 3 rings (SSSR count). The lowest BCUT2D eigenvalue weighted by molar-refractivity contribution is 0.350. The van der Waals surface area contributed by atoms with E-state index in [2.05, 4.69) is 27.2 Å². The Morgan fingerprint density at radius 1 is 1.23 bits per heavy atom. The summed E-state index contributed by atoms with van der Waals surface area (Å²) in [6, 6.07) is 8.86. The first-order valence-electron chi connectivity index (χ1n) is 7.67. The van der Waals surface area contributed by atoms with E-state index < -0.39 is 17.4 Å². The first-order valence-corrected chi connectivity index (χ1v) is 8.49. The molecule has 2 aromatic rings. The highest BCUT2D eigenvalue weighted by molar-refractivity contribution is 7.81. The smallest absolute Gasteiger partial charge is 0.143 e. The van der Waals surface area contributed by atoms with Gasteiger partial charge in [-0.05, 0) is 29.1 Å². The third kappa shape index (κ3) is 2.68. The van der Waals surface area contributed by atoms with Gasteiger partial charge in [0.05, 0.1) is 22.7 Å². The van der Waals surface area contributed by atoms with Crippen molar-refractivity contribution in [1.29, 1.82) is 10.7 Å². The molecule has 0 saturated carbocycles. The second-order valence-electron chi connectivity index (χ2n) is 5.80. The fourth-order valence-electron chi connectivity index (χ4n) is 3.32. The molecule has 0 spiro atoms. The summed E-state index contributed by atoms with van der Waals surface area (Å²) in [5.74, 6) is 1.70. The van der Waals surface area contributed by atoms with Gasteiger partial charge < -0.3 is 11.1 Å². The van der Waals surface area contributed by atoms with Crippen LogP contribution in [0.4, 0.5) is 0 Å². The highest BCUT2D eigenvalue weighted by atomic mass is 32.1. The van der Waals surface area contributed by atoms with E-state index in [0.717, 1.165) is 5.56 Å². The number of piperidine rings is 1.